The maximum Gasteiger partial charge on any atom is 0.243 e. The highest BCUT2D eigenvalue weighted by Gasteiger charge is 2.41. The van der Waals surface area contributed by atoms with Crippen LogP contribution in [0.1, 0.15) is 38.5 Å². The van der Waals surface area contributed by atoms with Gasteiger partial charge in [0.1, 0.15) is 0 Å². The molecule has 1 aliphatic heterocycles. The Morgan fingerprint density at radius 3 is 2.08 bits per heavy atom. The van der Waals surface area contributed by atoms with Gasteiger partial charge in [0, 0.05) is 19.1 Å². The SMILES string of the molecule is O=S(=O)(N[C@H]1C[C@@H]2CC[C@@H]1C2)c1ccc(S(=O)(=O)N2CCCC2)cc1. The minimum Gasteiger partial charge on any atom is -0.208 e. The van der Waals surface area contributed by atoms with E-state index in [0.717, 1.165) is 32.1 Å². The van der Waals surface area contributed by atoms with Crippen molar-refractivity contribution in [3.05, 3.63) is 24.3 Å². The maximum atomic E-state index is 12.6. The second-order valence-electron chi connectivity index (χ2n) is 7.49. The van der Waals surface area contributed by atoms with Crippen LogP contribution in [0.25, 0.3) is 0 Å². The smallest absolute Gasteiger partial charge is 0.208 e. The molecule has 2 aliphatic carbocycles. The Hall–Kier alpha value is -0.960. The number of fused-ring (bicyclic) bond motifs is 2. The Balaban J connectivity index is 1.51. The van der Waals surface area contributed by atoms with E-state index in [0.29, 0.717) is 24.9 Å². The molecule has 3 aliphatic rings. The van der Waals surface area contributed by atoms with Crippen molar-refractivity contribution in [2.75, 3.05) is 13.1 Å². The largest absolute Gasteiger partial charge is 0.243 e. The van der Waals surface area contributed by atoms with E-state index in [2.05, 4.69) is 4.72 Å². The number of rotatable bonds is 5. The average Bonchev–Trinajstić information content (AvgIpc) is 3.32. The van der Waals surface area contributed by atoms with Crippen molar-refractivity contribution in [3.63, 3.8) is 0 Å². The fraction of sp³-hybridized carbons (Fsp3) is 0.647. The van der Waals surface area contributed by atoms with Gasteiger partial charge in [-0.3, -0.25) is 0 Å². The Bertz CT molecular complexity index is 843. The van der Waals surface area contributed by atoms with Gasteiger partial charge in [0.15, 0.2) is 0 Å². The van der Waals surface area contributed by atoms with E-state index < -0.39 is 20.0 Å². The van der Waals surface area contributed by atoms with Crippen LogP contribution < -0.4 is 4.72 Å². The first-order valence-corrected chi connectivity index (χ1v) is 11.9. The third-order valence-corrected chi connectivity index (χ3v) is 9.30. The van der Waals surface area contributed by atoms with Crippen molar-refractivity contribution in [1.29, 1.82) is 0 Å². The minimum absolute atomic E-state index is 0.0248. The van der Waals surface area contributed by atoms with Crippen molar-refractivity contribution >= 4 is 20.0 Å². The Kier molecular flexibility index (Phi) is 4.42. The molecule has 0 unspecified atom stereocenters. The van der Waals surface area contributed by atoms with E-state index >= 15 is 0 Å². The van der Waals surface area contributed by atoms with Crippen LogP contribution in [0.5, 0.6) is 0 Å². The normalized spacial score (nSPS) is 30.2. The Labute approximate surface area is 149 Å². The van der Waals surface area contributed by atoms with Crippen molar-refractivity contribution in [2.45, 2.75) is 54.4 Å². The quantitative estimate of drug-likeness (QED) is 0.841. The van der Waals surface area contributed by atoms with Gasteiger partial charge < -0.3 is 0 Å². The molecular weight excluding hydrogens is 360 g/mol. The monoisotopic (exact) mass is 384 g/mol. The second kappa shape index (κ2) is 6.33. The van der Waals surface area contributed by atoms with Crippen LogP contribution in [-0.2, 0) is 20.0 Å². The lowest BCUT2D eigenvalue weighted by Gasteiger charge is -2.22. The number of nitrogens with zero attached hydrogens (tertiary/aromatic N) is 1. The lowest BCUT2D eigenvalue weighted by atomic mass is 9.96. The molecule has 0 aromatic heterocycles. The lowest BCUT2D eigenvalue weighted by molar-refractivity contribution is 0.390. The van der Waals surface area contributed by atoms with E-state index in [1.165, 1.54) is 35.0 Å². The van der Waals surface area contributed by atoms with E-state index in [1.807, 2.05) is 0 Å². The molecule has 8 heteroatoms. The van der Waals surface area contributed by atoms with E-state index in [4.69, 9.17) is 0 Å². The standard InChI is InChI=1S/C17H24N2O4S2/c20-24(21,18-17-12-13-3-4-14(17)11-13)15-5-7-16(8-6-15)25(22,23)19-9-1-2-10-19/h5-8,13-14,17-18H,1-4,9-12H2/t13-,14-,17+/m1/s1. The van der Waals surface area contributed by atoms with Crippen LogP contribution >= 0.6 is 0 Å². The average molecular weight is 385 g/mol. The van der Waals surface area contributed by atoms with Crippen LogP contribution in [0, 0.1) is 11.8 Å². The van der Waals surface area contributed by atoms with Gasteiger partial charge in [-0.1, -0.05) is 6.42 Å². The predicted octanol–water partition coefficient (Wildman–Crippen LogP) is 1.94. The molecule has 0 amide bonds. The summed E-state index contributed by atoms with van der Waals surface area (Å²) >= 11 is 0. The summed E-state index contributed by atoms with van der Waals surface area (Å²) in [4.78, 5) is 0.295. The molecular formula is C17H24N2O4S2. The van der Waals surface area contributed by atoms with Gasteiger partial charge in [-0.05, 0) is 68.2 Å². The molecule has 2 saturated carbocycles. The second-order valence-corrected chi connectivity index (χ2v) is 11.1. The Morgan fingerprint density at radius 2 is 1.52 bits per heavy atom. The third-order valence-electron chi connectivity index (χ3n) is 5.88. The summed E-state index contributed by atoms with van der Waals surface area (Å²) in [5, 5.41) is 0. The first-order valence-electron chi connectivity index (χ1n) is 8.99. The van der Waals surface area contributed by atoms with Gasteiger partial charge >= 0.3 is 0 Å². The molecule has 1 aromatic carbocycles. The first-order chi connectivity index (χ1) is 11.9. The zero-order valence-corrected chi connectivity index (χ0v) is 15.7. The molecule has 3 fully saturated rings. The van der Waals surface area contributed by atoms with Gasteiger partial charge in [0.2, 0.25) is 20.0 Å². The molecule has 0 spiro atoms. The Morgan fingerprint density at radius 1 is 0.880 bits per heavy atom. The van der Waals surface area contributed by atoms with Crippen LogP contribution in [-0.4, -0.2) is 40.3 Å². The summed E-state index contributed by atoms with van der Waals surface area (Å²) in [5.41, 5.74) is 0. The van der Waals surface area contributed by atoms with Crippen LogP contribution in [0.2, 0.25) is 0 Å². The van der Waals surface area contributed by atoms with Crippen LogP contribution in [0.15, 0.2) is 34.1 Å². The summed E-state index contributed by atoms with van der Waals surface area (Å²) in [6.45, 7) is 1.07. The molecule has 138 valence electrons. The summed E-state index contributed by atoms with van der Waals surface area (Å²) < 4.78 is 54.6. The van der Waals surface area contributed by atoms with E-state index in [9.17, 15) is 16.8 Å². The summed E-state index contributed by atoms with van der Waals surface area (Å²) in [5.74, 6) is 1.11. The highest BCUT2D eigenvalue weighted by atomic mass is 32.2. The summed E-state index contributed by atoms with van der Waals surface area (Å²) in [7, 11) is -7.12. The molecule has 1 aromatic rings. The lowest BCUT2D eigenvalue weighted by Crippen LogP contribution is -2.38. The number of hydrogen-bond donors (Lipinski definition) is 1. The molecule has 6 nitrogen and oxygen atoms in total. The molecule has 1 heterocycles. The van der Waals surface area contributed by atoms with Gasteiger partial charge in [-0.15, -0.1) is 0 Å². The minimum atomic E-state index is -3.61. The fourth-order valence-electron chi connectivity index (χ4n) is 4.52. The van der Waals surface area contributed by atoms with Crippen LogP contribution in [0.4, 0.5) is 0 Å². The van der Waals surface area contributed by atoms with E-state index in [-0.39, 0.29) is 15.8 Å². The van der Waals surface area contributed by atoms with Crippen molar-refractivity contribution in [3.8, 4) is 0 Å². The van der Waals surface area contributed by atoms with Crippen molar-refractivity contribution in [2.24, 2.45) is 11.8 Å². The maximum absolute atomic E-state index is 12.6. The predicted molar refractivity (Wildman–Crippen MR) is 94.0 cm³/mol. The topological polar surface area (TPSA) is 83.5 Å². The molecule has 25 heavy (non-hydrogen) atoms. The molecule has 0 radical (unpaired) electrons. The summed E-state index contributed by atoms with van der Waals surface area (Å²) in [6, 6.07) is 5.64. The molecule has 2 bridgehead atoms. The van der Waals surface area contributed by atoms with Crippen molar-refractivity contribution in [1.82, 2.24) is 9.03 Å². The molecule has 1 saturated heterocycles. The van der Waals surface area contributed by atoms with Gasteiger partial charge in [0.25, 0.3) is 0 Å². The zero-order chi connectivity index (χ0) is 17.7. The van der Waals surface area contributed by atoms with Gasteiger partial charge in [-0.25, -0.2) is 21.6 Å². The highest BCUT2D eigenvalue weighted by molar-refractivity contribution is 7.89. The van der Waals surface area contributed by atoms with E-state index in [1.54, 1.807) is 0 Å². The zero-order valence-electron chi connectivity index (χ0n) is 14.1. The first kappa shape index (κ1) is 17.5. The molecule has 3 atom stereocenters. The fourth-order valence-corrected chi connectivity index (χ4v) is 7.36. The van der Waals surface area contributed by atoms with Gasteiger partial charge in [-0.2, -0.15) is 4.31 Å². The van der Waals surface area contributed by atoms with Crippen molar-refractivity contribution < 1.29 is 16.8 Å². The molecule has 1 N–H and O–H groups in total. The molecule has 4 rings (SSSR count). The number of benzene rings is 1. The van der Waals surface area contributed by atoms with Crippen LogP contribution in [0.3, 0.4) is 0 Å². The number of hydrogen-bond acceptors (Lipinski definition) is 4. The number of nitrogens with one attached hydrogen (secondary N) is 1. The van der Waals surface area contributed by atoms with Gasteiger partial charge in [0.05, 0.1) is 9.79 Å². The number of sulfonamides is 2. The summed E-state index contributed by atoms with van der Waals surface area (Å²) in [6.07, 6.45) is 6.11. The highest BCUT2D eigenvalue weighted by Crippen LogP contribution is 2.44. The third kappa shape index (κ3) is 3.25.